The summed E-state index contributed by atoms with van der Waals surface area (Å²) in [5.74, 6) is -2.22. The zero-order valence-electron chi connectivity index (χ0n) is 10.7. The van der Waals surface area contributed by atoms with Gasteiger partial charge in [0.05, 0.1) is 4.88 Å². The number of primary amides is 1. The van der Waals surface area contributed by atoms with Crippen molar-refractivity contribution in [2.24, 2.45) is 5.73 Å². The SMILES string of the molecule is Cc1cc(C(=O)N[C@@H](CCC(N)=O)C(=O)O)sc1C. The number of carboxylic acids is 1. The second kappa shape index (κ2) is 6.33. The Kier molecular flexibility index (Phi) is 5.05. The summed E-state index contributed by atoms with van der Waals surface area (Å²) in [6.07, 6.45) is -0.0977. The van der Waals surface area contributed by atoms with E-state index in [0.29, 0.717) is 4.88 Å². The van der Waals surface area contributed by atoms with Gasteiger partial charge in [-0.1, -0.05) is 0 Å². The molecule has 6 nitrogen and oxygen atoms in total. The van der Waals surface area contributed by atoms with Crippen molar-refractivity contribution < 1.29 is 19.5 Å². The maximum atomic E-state index is 11.9. The fraction of sp³-hybridized carbons (Fsp3) is 0.417. The number of nitrogens with one attached hydrogen (secondary N) is 1. The van der Waals surface area contributed by atoms with E-state index < -0.39 is 23.8 Å². The Morgan fingerprint density at radius 2 is 2.05 bits per heavy atom. The van der Waals surface area contributed by atoms with E-state index in [2.05, 4.69) is 5.32 Å². The van der Waals surface area contributed by atoms with Crippen LogP contribution in [-0.2, 0) is 9.59 Å². The Labute approximate surface area is 114 Å². The molecule has 0 spiro atoms. The summed E-state index contributed by atoms with van der Waals surface area (Å²) in [7, 11) is 0. The molecule has 0 saturated carbocycles. The average Bonchev–Trinajstić information content (AvgIpc) is 2.64. The van der Waals surface area contributed by atoms with Crippen LogP contribution in [-0.4, -0.2) is 28.9 Å². The second-order valence-electron chi connectivity index (χ2n) is 4.22. The minimum atomic E-state index is -1.18. The molecule has 0 bridgehead atoms. The van der Waals surface area contributed by atoms with E-state index in [-0.39, 0.29) is 12.8 Å². The standard InChI is InChI=1S/C12H16N2O4S/c1-6-5-9(19-7(6)2)11(16)14-8(12(17)18)3-4-10(13)15/h5,8H,3-4H2,1-2H3,(H2,13,15)(H,14,16)(H,17,18)/t8-/m0/s1. The molecule has 4 N–H and O–H groups in total. The van der Waals surface area contributed by atoms with E-state index >= 15 is 0 Å². The molecule has 1 atom stereocenters. The highest BCUT2D eigenvalue weighted by molar-refractivity contribution is 7.14. The number of aliphatic carboxylic acids is 1. The Morgan fingerprint density at radius 3 is 2.47 bits per heavy atom. The fourth-order valence-corrected chi connectivity index (χ4v) is 2.40. The van der Waals surface area contributed by atoms with Gasteiger partial charge in [-0.05, 0) is 31.9 Å². The summed E-state index contributed by atoms with van der Waals surface area (Å²) in [5, 5.41) is 11.4. The number of aryl methyl sites for hydroxylation is 2. The van der Waals surface area contributed by atoms with Crippen molar-refractivity contribution in [2.45, 2.75) is 32.7 Å². The molecule has 0 aliphatic carbocycles. The molecular weight excluding hydrogens is 268 g/mol. The first-order valence-corrected chi connectivity index (χ1v) is 6.52. The van der Waals surface area contributed by atoms with Crippen LogP contribution in [0.2, 0.25) is 0 Å². The van der Waals surface area contributed by atoms with Crippen LogP contribution in [0.4, 0.5) is 0 Å². The van der Waals surface area contributed by atoms with Gasteiger partial charge in [-0.15, -0.1) is 11.3 Å². The van der Waals surface area contributed by atoms with Crippen LogP contribution in [0.25, 0.3) is 0 Å². The molecule has 0 aromatic carbocycles. The fourth-order valence-electron chi connectivity index (χ4n) is 1.46. The summed E-state index contributed by atoms with van der Waals surface area (Å²) in [4.78, 5) is 35.0. The van der Waals surface area contributed by atoms with Crippen LogP contribution in [0.5, 0.6) is 0 Å². The molecule has 1 rings (SSSR count). The first-order valence-electron chi connectivity index (χ1n) is 5.70. The average molecular weight is 284 g/mol. The minimum Gasteiger partial charge on any atom is -0.480 e. The van der Waals surface area contributed by atoms with Crippen LogP contribution in [0, 0.1) is 13.8 Å². The number of nitrogens with two attached hydrogens (primary N) is 1. The molecule has 0 aliphatic heterocycles. The maximum absolute atomic E-state index is 11.9. The zero-order valence-corrected chi connectivity index (χ0v) is 11.5. The second-order valence-corrected chi connectivity index (χ2v) is 5.48. The molecule has 1 aromatic heterocycles. The van der Waals surface area contributed by atoms with Crippen molar-refractivity contribution >= 4 is 29.1 Å². The minimum absolute atomic E-state index is 0.0141. The lowest BCUT2D eigenvalue weighted by Crippen LogP contribution is -2.41. The molecule has 0 fully saturated rings. The normalized spacial score (nSPS) is 11.9. The van der Waals surface area contributed by atoms with Crippen molar-refractivity contribution in [3.05, 3.63) is 21.4 Å². The molecule has 0 unspecified atom stereocenters. The Balaban J connectivity index is 2.71. The summed E-state index contributed by atoms with van der Waals surface area (Å²) in [6.45, 7) is 3.77. The lowest BCUT2D eigenvalue weighted by Gasteiger charge is -2.12. The Morgan fingerprint density at radius 1 is 1.42 bits per heavy atom. The Bertz CT molecular complexity index is 490. The van der Waals surface area contributed by atoms with Gasteiger partial charge in [0, 0.05) is 11.3 Å². The third kappa shape index (κ3) is 4.36. The summed E-state index contributed by atoms with van der Waals surface area (Å²) >= 11 is 1.30. The molecule has 104 valence electrons. The van der Waals surface area contributed by atoms with Gasteiger partial charge in [0.25, 0.3) is 5.91 Å². The number of carbonyl (C=O) groups excluding carboxylic acids is 2. The van der Waals surface area contributed by atoms with Gasteiger partial charge in [0.1, 0.15) is 6.04 Å². The van der Waals surface area contributed by atoms with Crippen LogP contribution in [0.3, 0.4) is 0 Å². The van der Waals surface area contributed by atoms with Gasteiger partial charge in [-0.3, -0.25) is 9.59 Å². The first-order chi connectivity index (χ1) is 8.81. The predicted molar refractivity (Wildman–Crippen MR) is 71.1 cm³/mol. The van der Waals surface area contributed by atoms with Crippen molar-refractivity contribution in [3.63, 3.8) is 0 Å². The third-order valence-electron chi connectivity index (χ3n) is 2.67. The molecule has 0 radical (unpaired) electrons. The third-order valence-corrected chi connectivity index (χ3v) is 3.82. The first kappa shape index (κ1) is 15.2. The smallest absolute Gasteiger partial charge is 0.326 e. The topological polar surface area (TPSA) is 109 Å². The van der Waals surface area contributed by atoms with Gasteiger partial charge in [-0.2, -0.15) is 0 Å². The van der Waals surface area contributed by atoms with Gasteiger partial charge in [0.2, 0.25) is 5.91 Å². The highest BCUT2D eigenvalue weighted by Gasteiger charge is 2.22. The predicted octanol–water partition coefficient (Wildman–Crippen LogP) is 0.813. The number of hydrogen-bond donors (Lipinski definition) is 3. The molecule has 2 amide bonds. The molecular formula is C12H16N2O4S. The highest BCUT2D eigenvalue weighted by Crippen LogP contribution is 2.20. The van der Waals surface area contributed by atoms with E-state index in [1.165, 1.54) is 11.3 Å². The number of thiophene rings is 1. The summed E-state index contributed by atoms with van der Waals surface area (Å²) < 4.78 is 0. The number of carbonyl (C=O) groups is 3. The van der Waals surface area contributed by atoms with Crippen molar-refractivity contribution in [3.8, 4) is 0 Å². The van der Waals surface area contributed by atoms with Crippen molar-refractivity contribution in [1.82, 2.24) is 5.32 Å². The number of hydrogen-bond acceptors (Lipinski definition) is 4. The van der Waals surface area contributed by atoms with E-state index in [9.17, 15) is 14.4 Å². The van der Waals surface area contributed by atoms with E-state index in [4.69, 9.17) is 10.8 Å². The van der Waals surface area contributed by atoms with Crippen LogP contribution < -0.4 is 11.1 Å². The molecule has 1 aromatic rings. The Hall–Kier alpha value is -1.89. The lowest BCUT2D eigenvalue weighted by atomic mass is 10.1. The quantitative estimate of drug-likeness (QED) is 0.718. The van der Waals surface area contributed by atoms with E-state index in [1.54, 1.807) is 6.07 Å². The molecule has 7 heteroatoms. The highest BCUT2D eigenvalue weighted by atomic mass is 32.1. The van der Waals surface area contributed by atoms with Gasteiger partial charge in [0.15, 0.2) is 0 Å². The van der Waals surface area contributed by atoms with Crippen LogP contribution in [0.1, 0.15) is 33.0 Å². The summed E-state index contributed by atoms with van der Waals surface area (Å²) in [6, 6.07) is 0.602. The van der Waals surface area contributed by atoms with E-state index in [1.807, 2.05) is 13.8 Å². The number of rotatable bonds is 6. The van der Waals surface area contributed by atoms with Crippen molar-refractivity contribution in [1.29, 1.82) is 0 Å². The lowest BCUT2D eigenvalue weighted by molar-refractivity contribution is -0.139. The number of carboxylic acid groups (broad SMARTS) is 1. The van der Waals surface area contributed by atoms with E-state index in [0.717, 1.165) is 10.4 Å². The molecule has 1 heterocycles. The molecule has 0 saturated heterocycles. The zero-order chi connectivity index (χ0) is 14.6. The van der Waals surface area contributed by atoms with Crippen LogP contribution >= 0.6 is 11.3 Å². The monoisotopic (exact) mass is 284 g/mol. The largest absolute Gasteiger partial charge is 0.480 e. The van der Waals surface area contributed by atoms with Crippen molar-refractivity contribution in [2.75, 3.05) is 0 Å². The van der Waals surface area contributed by atoms with Crippen LogP contribution in [0.15, 0.2) is 6.07 Å². The number of amides is 2. The molecule has 0 aliphatic rings. The summed E-state index contributed by atoms with van der Waals surface area (Å²) in [5.41, 5.74) is 5.95. The maximum Gasteiger partial charge on any atom is 0.326 e. The van der Waals surface area contributed by atoms with Gasteiger partial charge in [-0.25, -0.2) is 4.79 Å². The molecule has 19 heavy (non-hydrogen) atoms. The van der Waals surface area contributed by atoms with Gasteiger partial charge < -0.3 is 16.2 Å². The van der Waals surface area contributed by atoms with Gasteiger partial charge >= 0.3 is 5.97 Å².